The predicted octanol–water partition coefficient (Wildman–Crippen LogP) is 4.67. The number of carbonyl (C=O) groups excluding carboxylic acids is 2. The number of ether oxygens (including phenoxy) is 1. The summed E-state index contributed by atoms with van der Waals surface area (Å²) in [4.78, 5) is 24.9. The van der Waals surface area contributed by atoms with E-state index >= 15 is 0 Å². The van der Waals surface area contributed by atoms with Gasteiger partial charge in [-0.05, 0) is 45.6 Å². The Labute approximate surface area is 187 Å². The Morgan fingerprint density at radius 1 is 1.19 bits per heavy atom. The Bertz CT molecular complexity index is 1000. The van der Waals surface area contributed by atoms with Gasteiger partial charge < -0.3 is 15.0 Å². The van der Waals surface area contributed by atoms with Crippen LogP contribution in [0.15, 0.2) is 40.4 Å². The maximum atomic E-state index is 13.4. The molecule has 0 aromatic heterocycles. The number of hydrogen-bond donors (Lipinski definition) is 1. The molecule has 32 heavy (non-hydrogen) atoms. The number of allylic oxidation sites excluding steroid dienone is 2. The van der Waals surface area contributed by atoms with Crippen LogP contribution in [0.1, 0.15) is 17.5 Å². The Morgan fingerprint density at radius 2 is 1.88 bits per heavy atom. The summed E-state index contributed by atoms with van der Waals surface area (Å²) >= 11 is 3.24. The third kappa shape index (κ3) is 4.56. The highest BCUT2D eigenvalue weighted by Crippen LogP contribution is 2.42. The van der Waals surface area contributed by atoms with Gasteiger partial charge in [-0.1, -0.05) is 18.2 Å². The molecule has 1 N–H and O–H groups in total. The molecule has 1 aliphatic heterocycles. The molecule has 0 fully saturated rings. The maximum Gasteiger partial charge on any atom is 0.471 e. The second-order valence-corrected chi connectivity index (χ2v) is 8.11. The molecule has 1 aromatic carbocycles. The molecule has 1 heterocycles. The molecule has 1 aliphatic carbocycles. The van der Waals surface area contributed by atoms with Gasteiger partial charge in [0.2, 0.25) is 0 Å². The van der Waals surface area contributed by atoms with Crippen LogP contribution in [0.4, 0.5) is 32.0 Å². The van der Waals surface area contributed by atoms with E-state index in [-0.39, 0.29) is 35.2 Å². The zero-order valence-electron chi connectivity index (χ0n) is 16.5. The Balaban J connectivity index is 1.81. The van der Waals surface area contributed by atoms with Crippen LogP contribution in [-0.2, 0) is 27.3 Å². The topological polar surface area (TPSA) is 58.6 Å². The molecule has 12 heteroatoms. The van der Waals surface area contributed by atoms with E-state index in [4.69, 9.17) is 0 Å². The summed E-state index contributed by atoms with van der Waals surface area (Å²) in [7, 11) is 0.896. The zero-order valence-corrected chi connectivity index (χ0v) is 18.1. The minimum Gasteiger partial charge on any atom is -0.364 e. The SMILES string of the molecule is COC1(C(F)(F)F)C=CC=C(C(=O)Nc2ccc3c(c2Br)CN(C(=O)C(F)(F)F)CC3)C1. The number of alkyl halides is 6. The predicted molar refractivity (Wildman–Crippen MR) is 106 cm³/mol. The molecular weight excluding hydrogens is 510 g/mol. The van der Waals surface area contributed by atoms with Crippen LogP contribution in [0.3, 0.4) is 0 Å². The molecule has 3 rings (SSSR count). The smallest absolute Gasteiger partial charge is 0.364 e. The molecule has 0 bridgehead atoms. The first-order chi connectivity index (χ1) is 14.8. The standard InChI is InChI=1S/C20H17BrF6N2O3/c1-32-18(20(25,26)27)7-2-3-12(9-18)16(30)28-14-5-4-11-6-8-29(10-13(11)15(14)21)17(31)19(22,23)24/h2-5,7H,6,8-10H2,1H3,(H,28,30). The molecule has 1 aromatic rings. The number of anilines is 1. The van der Waals surface area contributed by atoms with Crippen LogP contribution in [0.2, 0.25) is 0 Å². The van der Waals surface area contributed by atoms with Crippen LogP contribution in [0.25, 0.3) is 0 Å². The van der Waals surface area contributed by atoms with Crippen molar-refractivity contribution in [1.82, 2.24) is 4.90 Å². The highest BCUT2D eigenvalue weighted by Gasteiger charge is 2.55. The molecule has 174 valence electrons. The Hall–Kier alpha value is -2.34. The fraction of sp³-hybridized carbons (Fsp3) is 0.400. The summed E-state index contributed by atoms with van der Waals surface area (Å²) in [5.74, 6) is -2.79. The van der Waals surface area contributed by atoms with E-state index in [0.29, 0.717) is 16.0 Å². The molecule has 0 spiro atoms. The number of nitrogens with one attached hydrogen (secondary N) is 1. The van der Waals surface area contributed by atoms with E-state index in [1.165, 1.54) is 12.1 Å². The molecule has 1 atom stereocenters. The normalized spacial score (nSPS) is 21.1. The van der Waals surface area contributed by atoms with Crippen LogP contribution >= 0.6 is 15.9 Å². The summed E-state index contributed by atoms with van der Waals surface area (Å²) in [6.45, 7) is -0.441. The van der Waals surface area contributed by atoms with Crippen molar-refractivity contribution in [3.8, 4) is 0 Å². The second kappa shape index (κ2) is 8.54. The molecular formula is C20H17BrF6N2O3. The van der Waals surface area contributed by atoms with Crippen molar-refractivity contribution in [2.45, 2.75) is 37.3 Å². The molecule has 2 aliphatic rings. The van der Waals surface area contributed by atoms with Gasteiger partial charge in [-0.25, -0.2) is 0 Å². The number of nitrogens with zero attached hydrogens (tertiary/aromatic N) is 1. The molecule has 5 nitrogen and oxygen atoms in total. The van der Waals surface area contributed by atoms with Crippen molar-refractivity contribution < 1.29 is 40.7 Å². The number of hydrogen-bond acceptors (Lipinski definition) is 3. The van der Waals surface area contributed by atoms with Crippen molar-refractivity contribution in [3.63, 3.8) is 0 Å². The van der Waals surface area contributed by atoms with Crippen LogP contribution in [0, 0.1) is 0 Å². The third-order valence-corrected chi connectivity index (χ3v) is 6.28. The highest BCUT2D eigenvalue weighted by molar-refractivity contribution is 9.10. The van der Waals surface area contributed by atoms with Crippen LogP contribution < -0.4 is 5.32 Å². The molecule has 2 amide bonds. The zero-order chi connectivity index (χ0) is 23.9. The van der Waals surface area contributed by atoms with Crippen molar-refractivity contribution in [1.29, 1.82) is 0 Å². The third-order valence-electron chi connectivity index (χ3n) is 5.37. The van der Waals surface area contributed by atoms with Gasteiger partial charge in [0.1, 0.15) is 0 Å². The van der Waals surface area contributed by atoms with Gasteiger partial charge in [0, 0.05) is 36.7 Å². The van der Waals surface area contributed by atoms with Gasteiger partial charge in [0.25, 0.3) is 5.91 Å². The molecule has 0 radical (unpaired) electrons. The second-order valence-electron chi connectivity index (χ2n) is 7.31. The van der Waals surface area contributed by atoms with E-state index in [1.807, 2.05) is 0 Å². The Morgan fingerprint density at radius 3 is 2.47 bits per heavy atom. The van der Waals surface area contributed by atoms with E-state index in [2.05, 4.69) is 26.0 Å². The Kier molecular flexibility index (Phi) is 6.49. The van der Waals surface area contributed by atoms with Gasteiger partial charge in [-0.15, -0.1) is 0 Å². The molecule has 0 saturated heterocycles. The lowest BCUT2D eigenvalue weighted by molar-refractivity contribution is -0.249. The van der Waals surface area contributed by atoms with Crippen molar-refractivity contribution >= 4 is 33.4 Å². The highest BCUT2D eigenvalue weighted by atomic mass is 79.9. The number of carbonyl (C=O) groups is 2. The summed E-state index contributed by atoms with van der Waals surface area (Å²) in [6, 6.07) is 3.09. The number of methoxy groups -OCH3 is 1. The fourth-order valence-electron chi connectivity index (χ4n) is 3.57. The lowest BCUT2D eigenvalue weighted by atomic mass is 9.88. The first-order valence-corrected chi connectivity index (χ1v) is 10.1. The number of fused-ring (bicyclic) bond motifs is 1. The van der Waals surface area contributed by atoms with Gasteiger partial charge in [-0.3, -0.25) is 9.59 Å². The van der Waals surface area contributed by atoms with Gasteiger partial charge in [0.05, 0.1) is 5.69 Å². The largest absolute Gasteiger partial charge is 0.471 e. The van der Waals surface area contributed by atoms with E-state index in [0.717, 1.165) is 19.3 Å². The quantitative estimate of drug-likeness (QED) is 0.582. The van der Waals surface area contributed by atoms with Crippen LogP contribution in [0.5, 0.6) is 0 Å². The number of rotatable bonds is 3. The van der Waals surface area contributed by atoms with Crippen molar-refractivity contribution in [3.05, 3.63) is 51.5 Å². The average Bonchev–Trinajstić information content (AvgIpc) is 2.73. The van der Waals surface area contributed by atoms with E-state index in [1.54, 1.807) is 6.07 Å². The minimum atomic E-state index is -5.01. The molecule has 0 saturated carbocycles. The lowest BCUT2D eigenvalue weighted by Crippen LogP contribution is -2.47. The van der Waals surface area contributed by atoms with E-state index < -0.39 is 36.2 Å². The summed E-state index contributed by atoms with van der Waals surface area (Å²) in [5, 5.41) is 2.48. The van der Waals surface area contributed by atoms with Gasteiger partial charge >= 0.3 is 18.3 Å². The first-order valence-electron chi connectivity index (χ1n) is 9.27. The van der Waals surface area contributed by atoms with Crippen molar-refractivity contribution in [2.75, 3.05) is 19.0 Å². The van der Waals surface area contributed by atoms with E-state index in [9.17, 15) is 35.9 Å². The van der Waals surface area contributed by atoms with Gasteiger partial charge in [-0.2, -0.15) is 26.3 Å². The lowest BCUT2D eigenvalue weighted by Gasteiger charge is -2.34. The number of amides is 2. The van der Waals surface area contributed by atoms with Crippen molar-refractivity contribution in [2.24, 2.45) is 0 Å². The number of halogens is 7. The minimum absolute atomic E-state index is 0.112. The fourth-order valence-corrected chi connectivity index (χ4v) is 4.18. The summed E-state index contributed by atoms with van der Waals surface area (Å²) in [6.07, 6.45) is -7.19. The summed E-state index contributed by atoms with van der Waals surface area (Å²) in [5.41, 5.74) is -1.60. The maximum absolute atomic E-state index is 13.4. The summed E-state index contributed by atoms with van der Waals surface area (Å²) < 4.78 is 83.6. The monoisotopic (exact) mass is 526 g/mol. The average molecular weight is 527 g/mol. The van der Waals surface area contributed by atoms with Gasteiger partial charge in [0.15, 0.2) is 5.60 Å². The first kappa shape index (κ1) is 24.3. The molecule has 1 unspecified atom stereocenters. The van der Waals surface area contributed by atoms with Crippen LogP contribution in [-0.4, -0.2) is 48.3 Å². The number of benzene rings is 1.